The van der Waals surface area contributed by atoms with Gasteiger partial charge in [-0.3, -0.25) is 14.8 Å². The van der Waals surface area contributed by atoms with Gasteiger partial charge in [0.25, 0.3) is 5.91 Å². The van der Waals surface area contributed by atoms with Crippen molar-refractivity contribution in [2.24, 2.45) is 0 Å². The Labute approximate surface area is 205 Å². The van der Waals surface area contributed by atoms with E-state index in [0.717, 1.165) is 34.4 Å². The third-order valence-corrected chi connectivity index (χ3v) is 6.02. The Morgan fingerprint density at radius 3 is 2.54 bits per heavy atom. The number of carbonyl (C=O) groups is 1. The molecule has 0 aliphatic carbocycles. The number of benzene rings is 2. The summed E-state index contributed by atoms with van der Waals surface area (Å²) in [5.74, 6) is 0.828. The Kier molecular flexibility index (Phi) is 7.10. The van der Waals surface area contributed by atoms with Gasteiger partial charge in [-0.25, -0.2) is 0 Å². The predicted molar refractivity (Wildman–Crippen MR) is 134 cm³/mol. The second-order valence-corrected chi connectivity index (χ2v) is 8.48. The highest BCUT2D eigenvalue weighted by Crippen LogP contribution is 2.29. The van der Waals surface area contributed by atoms with E-state index in [1.54, 1.807) is 30.7 Å². The van der Waals surface area contributed by atoms with Crippen molar-refractivity contribution in [2.45, 2.75) is 13.0 Å². The summed E-state index contributed by atoms with van der Waals surface area (Å²) in [5, 5.41) is 0. The average Bonchev–Trinajstić information content (AvgIpc) is 2.91. The van der Waals surface area contributed by atoms with Gasteiger partial charge in [0, 0.05) is 55.4 Å². The van der Waals surface area contributed by atoms with Crippen molar-refractivity contribution in [2.75, 3.05) is 26.4 Å². The zero-order chi connectivity index (χ0) is 23.9. The summed E-state index contributed by atoms with van der Waals surface area (Å²) in [4.78, 5) is 23.3. The smallest absolute Gasteiger partial charge is 0.254 e. The highest BCUT2D eigenvalue weighted by Gasteiger charge is 2.17. The summed E-state index contributed by atoms with van der Waals surface area (Å²) in [5.41, 5.74) is 6.14. The lowest BCUT2D eigenvalue weighted by Crippen LogP contribution is -2.34. The number of hydrogen-bond acceptors (Lipinski definition) is 5. The van der Waals surface area contributed by atoms with E-state index in [9.17, 15) is 4.79 Å². The SMILES string of the molecule is O=C(c1ccncc1)N1CCOCCOc2ccc(-c3cccnc3)cc2Cc2cccc(c2)C1. The highest BCUT2D eigenvalue weighted by atomic mass is 16.5. The molecule has 176 valence electrons. The predicted octanol–water partition coefficient (Wildman–Crippen LogP) is 4.79. The summed E-state index contributed by atoms with van der Waals surface area (Å²) in [6.45, 7) is 2.34. The molecule has 4 aromatic rings. The zero-order valence-electron chi connectivity index (χ0n) is 19.5. The first-order valence-corrected chi connectivity index (χ1v) is 11.8. The van der Waals surface area contributed by atoms with Crippen LogP contribution in [-0.2, 0) is 17.7 Å². The van der Waals surface area contributed by atoms with Crippen LogP contribution in [0.2, 0.25) is 0 Å². The highest BCUT2D eigenvalue weighted by molar-refractivity contribution is 5.94. The molecule has 3 heterocycles. The monoisotopic (exact) mass is 465 g/mol. The molecule has 0 spiro atoms. The van der Waals surface area contributed by atoms with Gasteiger partial charge in [0.15, 0.2) is 0 Å². The first kappa shape index (κ1) is 22.7. The average molecular weight is 466 g/mol. The van der Waals surface area contributed by atoms with E-state index in [0.29, 0.717) is 38.5 Å². The molecule has 2 bridgehead atoms. The van der Waals surface area contributed by atoms with Crippen molar-refractivity contribution in [1.29, 1.82) is 0 Å². The fourth-order valence-corrected chi connectivity index (χ4v) is 4.27. The van der Waals surface area contributed by atoms with Crippen molar-refractivity contribution < 1.29 is 14.3 Å². The van der Waals surface area contributed by atoms with Crippen LogP contribution in [0.1, 0.15) is 27.0 Å². The maximum Gasteiger partial charge on any atom is 0.254 e. The Morgan fingerprint density at radius 2 is 1.69 bits per heavy atom. The summed E-state index contributed by atoms with van der Waals surface area (Å²) in [7, 11) is 0. The molecule has 5 rings (SSSR count). The van der Waals surface area contributed by atoms with Crippen molar-refractivity contribution in [3.63, 3.8) is 0 Å². The molecule has 35 heavy (non-hydrogen) atoms. The number of nitrogens with zero attached hydrogens (tertiary/aromatic N) is 3. The quantitative estimate of drug-likeness (QED) is 0.426. The molecule has 0 fully saturated rings. The van der Waals surface area contributed by atoms with Crippen molar-refractivity contribution >= 4 is 5.91 Å². The van der Waals surface area contributed by atoms with Crippen LogP contribution in [-0.4, -0.2) is 47.1 Å². The molecule has 0 unspecified atom stereocenters. The maximum absolute atomic E-state index is 13.2. The Bertz CT molecular complexity index is 1280. The minimum Gasteiger partial charge on any atom is -0.491 e. The number of amides is 1. The molecular weight excluding hydrogens is 438 g/mol. The van der Waals surface area contributed by atoms with Gasteiger partial charge in [0.05, 0.1) is 13.2 Å². The molecule has 1 aliphatic heterocycles. The third kappa shape index (κ3) is 5.73. The van der Waals surface area contributed by atoms with Crippen LogP contribution >= 0.6 is 0 Å². The van der Waals surface area contributed by atoms with E-state index >= 15 is 0 Å². The molecule has 0 N–H and O–H groups in total. The van der Waals surface area contributed by atoms with Gasteiger partial charge in [0.1, 0.15) is 12.4 Å². The zero-order valence-corrected chi connectivity index (χ0v) is 19.5. The fraction of sp³-hybridized carbons (Fsp3) is 0.207. The number of carbonyl (C=O) groups excluding carboxylic acids is 1. The van der Waals surface area contributed by atoms with E-state index in [-0.39, 0.29) is 5.91 Å². The van der Waals surface area contributed by atoms with Crippen LogP contribution in [0.3, 0.4) is 0 Å². The summed E-state index contributed by atoms with van der Waals surface area (Å²) in [6.07, 6.45) is 7.65. The van der Waals surface area contributed by atoms with Gasteiger partial charge < -0.3 is 14.4 Å². The van der Waals surface area contributed by atoms with Crippen molar-refractivity contribution in [3.8, 4) is 16.9 Å². The molecule has 2 aromatic heterocycles. The van der Waals surface area contributed by atoms with Crippen LogP contribution < -0.4 is 4.74 Å². The molecule has 0 saturated heterocycles. The minimum absolute atomic E-state index is 0.0313. The van der Waals surface area contributed by atoms with Crippen LogP contribution in [0.4, 0.5) is 0 Å². The van der Waals surface area contributed by atoms with Crippen LogP contribution in [0, 0.1) is 0 Å². The first-order chi connectivity index (χ1) is 17.3. The second kappa shape index (κ2) is 10.9. The van der Waals surface area contributed by atoms with E-state index in [4.69, 9.17) is 9.47 Å². The van der Waals surface area contributed by atoms with E-state index in [1.165, 1.54) is 5.56 Å². The molecule has 0 atom stereocenters. The molecule has 6 nitrogen and oxygen atoms in total. The first-order valence-electron chi connectivity index (χ1n) is 11.8. The maximum atomic E-state index is 13.2. The van der Waals surface area contributed by atoms with Crippen molar-refractivity contribution in [3.05, 3.63) is 114 Å². The lowest BCUT2D eigenvalue weighted by molar-refractivity contribution is 0.0571. The van der Waals surface area contributed by atoms with Gasteiger partial charge >= 0.3 is 0 Å². The van der Waals surface area contributed by atoms with Gasteiger partial charge in [-0.15, -0.1) is 0 Å². The molecular formula is C29H27N3O3. The van der Waals surface area contributed by atoms with Crippen LogP contribution in [0.15, 0.2) is 91.5 Å². The van der Waals surface area contributed by atoms with Crippen LogP contribution in [0.5, 0.6) is 5.75 Å². The van der Waals surface area contributed by atoms with E-state index < -0.39 is 0 Å². The summed E-state index contributed by atoms with van der Waals surface area (Å²) >= 11 is 0. The Hall–Kier alpha value is -4.03. The molecule has 6 heteroatoms. The van der Waals surface area contributed by atoms with Crippen molar-refractivity contribution in [1.82, 2.24) is 14.9 Å². The fourth-order valence-electron chi connectivity index (χ4n) is 4.27. The summed E-state index contributed by atoms with van der Waals surface area (Å²) < 4.78 is 11.9. The molecule has 2 aromatic carbocycles. The normalized spacial score (nSPS) is 14.3. The molecule has 0 radical (unpaired) electrons. The minimum atomic E-state index is -0.0313. The van der Waals surface area contributed by atoms with Gasteiger partial charge in [-0.05, 0) is 52.6 Å². The molecule has 1 amide bonds. The number of pyridine rings is 2. The summed E-state index contributed by atoms with van der Waals surface area (Å²) in [6, 6.07) is 22.2. The molecule has 0 saturated carbocycles. The Balaban J connectivity index is 1.45. The topological polar surface area (TPSA) is 64.6 Å². The number of fused-ring (bicyclic) bond motifs is 3. The van der Waals surface area contributed by atoms with E-state index in [2.05, 4.69) is 46.4 Å². The lowest BCUT2D eigenvalue weighted by Gasteiger charge is -2.24. The number of hydrogen-bond donors (Lipinski definition) is 0. The standard InChI is InChI=1S/C29H27N3O3/c33-29(24-8-11-30-12-9-24)32-13-14-34-15-16-35-28-7-6-25(26-5-2-10-31-20-26)19-27(28)18-22-3-1-4-23(17-22)21-32/h1-12,17,19-20H,13-16,18,21H2. The van der Waals surface area contributed by atoms with Gasteiger partial charge in [0.2, 0.25) is 0 Å². The number of rotatable bonds is 2. The van der Waals surface area contributed by atoms with Gasteiger partial charge in [-0.1, -0.05) is 36.4 Å². The lowest BCUT2D eigenvalue weighted by atomic mass is 9.98. The second-order valence-electron chi connectivity index (χ2n) is 8.48. The molecule has 1 aliphatic rings. The van der Waals surface area contributed by atoms with Crippen LogP contribution in [0.25, 0.3) is 11.1 Å². The Morgan fingerprint density at radius 1 is 0.800 bits per heavy atom. The number of ether oxygens (including phenoxy) is 2. The largest absolute Gasteiger partial charge is 0.491 e. The third-order valence-electron chi connectivity index (χ3n) is 6.02. The van der Waals surface area contributed by atoms with Gasteiger partial charge in [-0.2, -0.15) is 0 Å². The number of aromatic nitrogens is 2. The van der Waals surface area contributed by atoms with E-state index in [1.807, 2.05) is 29.3 Å².